The number of rotatable bonds is 2. The molecule has 0 aliphatic heterocycles. The maximum atomic E-state index is 10.3. The van der Waals surface area contributed by atoms with Crippen LogP contribution < -0.4 is 0 Å². The van der Waals surface area contributed by atoms with Gasteiger partial charge in [0.2, 0.25) is 0 Å². The second-order valence-electron chi connectivity index (χ2n) is 2.06. The van der Waals surface area contributed by atoms with Crippen LogP contribution in [0.5, 0.6) is 0 Å². The summed E-state index contributed by atoms with van der Waals surface area (Å²) in [5, 5.41) is 5.37. The molecule has 0 fully saturated rings. The molecule has 0 aromatic carbocycles. The average molecular weight is 272 g/mol. The summed E-state index contributed by atoms with van der Waals surface area (Å²) in [5.74, 6) is 0. The van der Waals surface area contributed by atoms with Crippen molar-refractivity contribution in [2.24, 2.45) is 0 Å². The molecule has 0 unspecified atom stereocenters. The first kappa shape index (κ1) is 20.9. The fourth-order valence-corrected chi connectivity index (χ4v) is 1.53. The van der Waals surface area contributed by atoms with E-state index in [1.807, 2.05) is 0 Å². The van der Waals surface area contributed by atoms with Crippen LogP contribution in [0.4, 0.5) is 0 Å². The number of aliphatic hydroxyl groups is 1. The van der Waals surface area contributed by atoms with Crippen LogP contribution in [-0.4, -0.2) is 97.1 Å². The summed E-state index contributed by atoms with van der Waals surface area (Å²) in [6, 6.07) is 0. The second-order valence-corrected chi connectivity index (χ2v) is 6.33. The molecule has 0 atom stereocenters. The fraction of sp³-hybridized carbons (Fsp3) is 1.00. The standard InChI is InChI=1S/C2H8O7P2.Ca.Na.3H/c1-2(3,10(4,5)6)11(7,8)9;;;;;/h3H,1H3,(H2,4,5,6)(H2,7,8,9);;;;;. The minimum absolute atomic E-state index is 0. The van der Waals surface area contributed by atoms with Crippen molar-refractivity contribution in [2.45, 2.75) is 12.0 Å². The second kappa shape index (κ2) is 6.30. The van der Waals surface area contributed by atoms with Crippen molar-refractivity contribution in [3.8, 4) is 0 Å². The molecule has 0 bridgehead atoms. The molecule has 7 nitrogen and oxygen atoms in total. The van der Waals surface area contributed by atoms with E-state index >= 15 is 0 Å². The Labute approximate surface area is 127 Å². The molecule has 0 aliphatic carbocycles. The molecule has 5 N–H and O–H groups in total. The van der Waals surface area contributed by atoms with Crippen LogP contribution >= 0.6 is 15.2 Å². The zero-order valence-corrected chi connectivity index (χ0v) is 7.24. The van der Waals surface area contributed by atoms with Gasteiger partial charge in [-0.15, -0.1) is 0 Å². The van der Waals surface area contributed by atoms with E-state index in [1.165, 1.54) is 0 Å². The molecule has 0 amide bonds. The van der Waals surface area contributed by atoms with Crippen LogP contribution in [0.25, 0.3) is 0 Å². The molecule has 0 rings (SSSR count). The molecule has 0 radical (unpaired) electrons. The van der Waals surface area contributed by atoms with E-state index < -0.39 is 20.3 Å². The third-order valence-electron chi connectivity index (χ3n) is 1.10. The van der Waals surface area contributed by atoms with Gasteiger partial charge in [-0.1, -0.05) is 0 Å². The summed E-state index contributed by atoms with van der Waals surface area (Å²) in [6.45, 7) is 0.383. The Hall–Kier alpha value is 2.52. The molecular weight excluding hydrogens is 261 g/mol. The number of hydrogen-bond acceptors (Lipinski definition) is 3. The van der Waals surface area contributed by atoms with Gasteiger partial charge in [-0.25, -0.2) is 0 Å². The first-order valence-electron chi connectivity index (χ1n) is 2.34. The Kier molecular flexibility index (Phi) is 10.1. The van der Waals surface area contributed by atoms with Crippen molar-refractivity contribution in [3.63, 3.8) is 0 Å². The average Bonchev–Trinajstić information content (AvgIpc) is 1.58. The summed E-state index contributed by atoms with van der Waals surface area (Å²) in [7, 11) is -10.4. The molecule has 0 aromatic rings. The van der Waals surface area contributed by atoms with Gasteiger partial charge >= 0.3 is 82.5 Å². The maximum absolute atomic E-state index is 10.3. The van der Waals surface area contributed by atoms with Gasteiger partial charge < -0.3 is 24.7 Å². The van der Waals surface area contributed by atoms with Crippen molar-refractivity contribution < 1.29 is 33.8 Å². The molecule has 0 saturated carbocycles. The Morgan fingerprint density at radius 1 is 1.00 bits per heavy atom. The Balaban J connectivity index is -0.000000500. The monoisotopic (exact) mass is 272 g/mol. The van der Waals surface area contributed by atoms with Crippen LogP contribution in [-0.2, 0) is 9.13 Å². The first-order valence-corrected chi connectivity index (χ1v) is 5.56. The van der Waals surface area contributed by atoms with E-state index in [2.05, 4.69) is 0 Å². The summed E-state index contributed by atoms with van der Waals surface area (Å²) < 4.78 is 20.5. The molecule has 0 saturated heterocycles. The van der Waals surface area contributed by atoms with Crippen molar-refractivity contribution >= 4 is 82.5 Å². The Morgan fingerprint density at radius 2 is 1.15 bits per heavy atom. The van der Waals surface area contributed by atoms with Crippen molar-refractivity contribution in [3.05, 3.63) is 0 Å². The van der Waals surface area contributed by atoms with Crippen LogP contribution in [0.1, 0.15) is 6.92 Å². The third kappa shape index (κ3) is 5.41. The van der Waals surface area contributed by atoms with Crippen LogP contribution in [0.15, 0.2) is 0 Å². The SMILES string of the molecule is CC(O)(P(=O)(O)O)P(=O)(O)O.[CaH2].[NaH]. The van der Waals surface area contributed by atoms with Crippen LogP contribution in [0.3, 0.4) is 0 Å². The topological polar surface area (TPSA) is 135 Å². The zero-order chi connectivity index (χ0) is 9.50. The number of hydrogen-bond donors (Lipinski definition) is 5. The summed E-state index contributed by atoms with van der Waals surface area (Å²) in [4.78, 5) is 33.0. The van der Waals surface area contributed by atoms with E-state index in [0.29, 0.717) is 6.92 Å². The quantitative estimate of drug-likeness (QED) is 0.275. The van der Waals surface area contributed by atoms with Crippen molar-refractivity contribution in [1.82, 2.24) is 0 Å². The van der Waals surface area contributed by atoms with Gasteiger partial charge in [-0.2, -0.15) is 0 Å². The Morgan fingerprint density at radius 3 is 1.15 bits per heavy atom. The normalized spacial score (nSPS) is 12.8. The van der Waals surface area contributed by atoms with E-state index in [0.717, 1.165) is 0 Å². The zero-order valence-electron chi connectivity index (χ0n) is 5.45. The van der Waals surface area contributed by atoms with Crippen molar-refractivity contribution in [2.75, 3.05) is 0 Å². The van der Waals surface area contributed by atoms with Gasteiger partial charge in [0.25, 0.3) is 5.08 Å². The first-order chi connectivity index (χ1) is 4.50. The molecule has 0 spiro atoms. The minimum atomic E-state index is -5.20. The summed E-state index contributed by atoms with van der Waals surface area (Å²) >= 11 is 0. The van der Waals surface area contributed by atoms with E-state index in [-0.39, 0.29) is 67.3 Å². The molecule has 0 aromatic heterocycles. The van der Waals surface area contributed by atoms with Gasteiger partial charge in [0.1, 0.15) is 0 Å². The fourth-order valence-electron chi connectivity index (χ4n) is 0.170. The van der Waals surface area contributed by atoms with Gasteiger partial charge in [-0.3, -0.25) is 9.13 Å². The predicted octanol–water partition coefficient (Wildman–Crippen LogP) is -2.56. The van der Waals surface area contributed by atoms with Crippen molar-refractivity contribution in [1.29, 1.82) is 0 Å². The molecular formula is C2H11CaNaO7P2. The van der Waals surface area contributed by atoms with Gasteiger partial charge in [0.05, 0.1) is 0 Å². The summed E-state index contributed by atoms with van der Waals surface area (Å²) in [6.07, 6.45) is 0. The molecule has 0 aliphatic rings. The van der Waals surface area contributed by atoms with Gasteiger partial charge in [-0.05, 0) is 6.92 Å². The Bertz CT molecular complexity index is 217. The summed E-state index contributed by atoms with van der Waals surface area (Å²) in [5.41, 5.74) is 0. The molecule has 74 valence electrons. The predicted molar refractivity (Wildman–Crippen MR) is 50.4 cm³/mol. The van der Waals surface area contributed by atoms with E-state index in [4.69, 9.17) is 24.7 Å². The van der Waals surface area contributed by atoms with E-state index in [1.54, 1.807) is 0 Å². The van der Waals surface area contributed by atoms with Gasteiger partial charge in [0.15, 0.2) is 0 Å². The van der Waals surface area contributed by atoms with E-state index in [9.17, 15) is 9.13 Å². The molecule has 0 heterocycles. The van der Waals surface area contributed by atoms with Crippen LogP contribution in [0.2, 0.25) is 0 Å². The van der Waals surface area contributed by atoms with Crippen LogP contribution in [0, 0.1) is 0 Å². The molecule has 11 heteroatoms. The molecule has 13 heavy (non-hydrogen) atoms. The van der Waals surface area contributed by atoms with Gasteiger partial charge in [0, 0.05) is 0 Å². The third-order valence-corrected chi connectivity index (χ3v) is 4.87.